The van der Waals surface area contributed by atoms with Crippen LogP contribution in [0.1, 0.15) is 46.5 Å². The zero-order chi connectivity index (χ0) is 13.3. The van der Waals surface area contributed by atoms with Crippen LogP contribution in [0.2, 0.25) is 0 Å². The second kappa shape index (κ2) is 5.17. The van der Waals surface area contributed by atoms with E-state index in [0.717, 1.165) is 12.0 Å². The van der Waals surface area contributed by atoms with E-state index in [1.54, 1.807) is 6.92 Å². The molecule has 104 valence electrons. The lowest BCUT2D eigenvalue weighted by atomic mass is 9.93. The maximum Gasteiger partial charge on any atom is 0.325 e. The Hall–Kier alpha value is -0.610. The molecule has 0 aromatic carbocycles. The number of carbonyl (C=O) groups is 1. The lowest BCUT2D eigenvalue weighted by Gasteiger charge is -2.36. The van der Waals surface area contributed by atoms with Crippen LogP contribution in [-0.4, -0.2) is 41.6 Å². The maximum absolute atomic E-state index is 11.8. The Balaban J connectivity index is 1.90. The number of fused-ring (bicyclic) bond motifs is 2. The SMILES string of the molecule is CCOC(=O)C(C)(N)CC(C)N1CC2CCC1C2. The second-order valence-electron chi connectivity index (χ2n) is 6.22. The van der Waals surface area contributed by atoms with E-state index in [0.29, 0.717) is 19.1 Å². The number of carbonyl (C=O) groups excluding carboxylic acids is 1. The Kier molecular flexibility index (Phi) is 3.97. The monoisotopic (exact) mass is 254 g/mol. The van der Waals surface area contributed by atoms with Crippen LogP contribution in [0.5, 0.6) is 0 Å². The van der Waals surface area contributed by atoms with E-state index in [4.69, 9.17) is 10.5 Å². The van der Waals surface area contributed by atoms with Gasteiger partial charge < -0.3 is 10.5 Å². The molecule has 0 amide bonds. The standard InChI is InChI=1S/C14H26N2O2/c1-4-18-13(17)14(3,15)8-10(2)16-9-11-5-6-12(16)7-11/h10-12H,4-9,15H2,1-3H3. The Morgan fingerprint density at radius 1 is 1.56 bits per heavy atom. The molecule has 2 fully saturated rings. The molecule has 4 nitrogen and oxygen atoms in total. The van der Waals surface area contributed by atoms with Gasteiger partial charge >= 0.3 is 5.97 Å². The van der Waals surface area contributed by atoms with Gasteiger partial charge in [0.1, 0.15) is 5.54 Å². The van der Waals surface area contributed by atoms with Crippen molar-refractivity contribution >= 4 is 5.97 Å². The van der Waals surface area contributed by atoms with Crippen LogP contribution in [0.25, 0.3) is 0 Å². The normalized spacial score (nSPS) is 32.2. The maximum atomic E-state index is 11.8. The van der Waals surface area contributed by atoms with Crippen LogP contribution >= 0.6 is 0 Å². The van der Waals surface area contributed by atoms with Gasteiger partial charge in [0.15, 0.2) is 0 Å². The molecule has 4 unspecified atom stereocenters. The average molecular weight is 254 g/mol. The van der Waals surface area contributed by atoms with E-state index in [1.807, 2.05) is 6.92 Å². The molecular weight excluding hydrogens is 228 g/mol. The van der Waals surface area contributed by atoms with Crippen molar-refractivity contribution in [3.63, 3.8) is 0 Å². The average Bonchev–Trinajstić information content (AvgIpc) is 2.90. The van der Waals surface area contributed by atoms with Gasteiger partial charge in [-0.1, -0.05) is 0 Å². The van der Waals surface area contributed by atoms with Gasteiger partial charge in [-0.25, -0.2) is 0 Å². The van der Waals surface area contributed by atoms with E-state index < -0.39 is 5.54 Å². The summed E-state index contributed by atoms with van der Waals surface area (Å²) in [6.45, 7) is 7.37. The lowest BCUT2D eigenvalue weighted by molar-refractivity contribution is -0.149. The molecular formula is C14H26N2O2. The number of hydrogen-bond donors (Lipinski definition) is 1. The largest absolute Gasteiger partial charge is 0.465 e. The molecule has 1 aliphatic carbocycles. The predicted octanol–water partition coefficient (Wildman–Crippen LogP) is 1.53. The highest BCUT2D eigenvalue weighted by Crippen LogP contribution is 2.39. The fourth-order valence-electron chi connectivity index (χ4n) is 3.61. The van der Waals surface area contributed by atoms with E-state index in [2.05, 4.69) is 11.8 Å². The predicted molar refractivity (Wildman–Crippen MR) is 71.1 cm³/mol. The number of nitrogens with two attached hydrogens (primary N) is 1. The molecule has 1 saturated heterocycles. The van der Waals surface area contributed by atoms with E-state index in [1.165, 1.54) is 25.8 Å². The number of ether oxygens (including phenoxy) is 1. The quantitative estimate of drug-likeness (QED) is 0.756. The summed E-state index contributed by atoms with van der Waals surface area (Å²) >= 11 is 0. The third-order valence-electron chi connectivity index (χ3n) is 4.48. The van der Waals surface area contributed by atoms with Crippen molar-refractivity contribution in [1.82, 2.24) is 4.90 Å². The topological polar surface area (TPSA) is 55.6 Å². The first kappa shape index (κ1) is 13.8. The molecule has 1 heterocycles. The van der Waals surface area contributed by atoms with Gasteiger partial charge in [-0.3, -0.25) is 9.69 Å². The van der Waals surface area contributed by atoms with E-state index in [-0.39, 0.29) is 5.97 Å². The zero-order valence-electron chi connectivity index (χ0n) is 11.8. The summed E-state index contributed by atoms with van der Waals surface area (Å²) in [6, 6.07) is 1.09. The minimum atomic E-state index is -0.864. The molecule has 2 bridgehead atoms. The van der Waals surface area contributed by atoms with Gasteiger partial charge in [-0.05, 0) is 52.4 Å². The Morgan fingerprint density at radius 3 is 2.78 bits per heavy atom. The number of rotatable bonds is 5. The molecule has 2 rings (SSSR count). The first-order chi connectivity index (χ1) is 8.44. The highest BCUT2D eigenvalue weighted by Gasteiger charge is 2.42. The fraction of sp³-hybridized carbons (Fsp3) is 0.929. The second-order valence-corrected chi connectivity index (χ2v) is 6.22. The van der Waals surface area contributed by atoms with Crippen molar-refractivity contribution < 1.29 is 9.53 Å². The number of likely N-dealkylation sites (tertiary alicyclic amines) is 1. The number of esters is 1. The van der Waals surface area contributed by atoms with E-state index >= 15 is 0 Å². The van der Waals surface area contributed by atoms with Crippen molar-refractivity contribution in [1.29, 1.82) is 0 Å². The van der Waals surface area contributed by atoms with Crippen molar-refractivity contribution in [3.05, 3.63) is 0 Å². The third kappa shape index (κ3) is 2.69. The van der Waals surface area contributed by atoms with Gasteiger partial charge in [0.05, 0.1) is 6.61 Å². The molecule has 0 aromatic rings. The van der Waals surface area contributed by atoms with Gasteiger partial charge in [0.2, 0.25) is 0 Å². The van der Waals surface area contributed by atoms with Gasteiger partial charge in [-0.2, -0.15) is 0 Å². The van der Waals surface area contributed by atoms with Gasteiger partial charge in [0.25, 0.3) is 0 Å². The highest BCUT2D eigenvalue weighted by atomic mass is 16.5. The van der Waals surface area contributed by atoms with Crippen LogP contribution < -0.4 is 5.73 Å². The van der Waals surface area contributed by atoms with E-state index in [9.17, 15) is 4.79 Å². The Morgan fingerprint density at radius 2 is 2.28 bits per heavy atom. The highest BCUT2D eigenvalue weighted by molar-refractivity contribution is 5.80. The summed E-state index contributed by atoms with van der Waals surface area (Å²) in [5, 5.41) is 0. The van der Waals surface area contributed by atoms with Crippen LogP contribution in [0.3, 0.4) is 0 Å². The fourth-order valence-corrected chi connectivity index (χ4v) is 3.61. The molecule has 2 aliphatic rings. The summed E-state index contributed by atoms with van der Waals surface area (Å²) in [4.78, 5) is 14.3. The van der Waals surface area contributed by atoms with Crippen LogP contribution in [0.15, 0.2) is 0 Å². The minimum Gasteiger partial charge on any atom is -0.465 e. The minimum absolute atomic E-state index is 0.277. The first-order valence-corrected chi connectivity index (χ1v) is 7.16. The van der Waals surface area contributed by atoms with Crippen LogP contribution in [0.4, 0.5) is 0 Å². The van der Waals surface area contributed by atoms with Crippen LogP contribution in [-0.2, 0) is 9.53 Å². The third-order valence-corrected chi connectivity index (χ3v) is 4.48. The molecule has 18 heavy (non-hydrogen) atoms. The molecule has 0 aromatic heterocycles. The van der Waals surface area contributed by atoms with Crippen LogP contribution in [0, 0.1) is 5.92 Å². The molecule has 4 atom stereocenters. The van der Waals surface area contributed by atoms with Crippen molar-refractivity contribution in [2.75, 3.05) is 13.2 Å². The summed E-state index contributed by atoms with van der Waals surface area (Å²) in [6.07, 6.45) is 4.71. The summed E-state index contributed by atoms with van der Waals surface area (Å²) < 4.78 is 5.05. The van der Waals surface area contributed by atoms with Crippen molar-refractivity contribution in [2.45, 2.75) is 64.1 Å². The van der Waals surface area contributed by atoms with Crippen molar-refractivity contribution in [2.24, 2.45) is 11.7 Å². The Bertz CT molecular complexity index is 317. The smallest absolute Gasteiger partial charge is 0.325 e. The van der Waals surface area contributed by atoms with Gasteiger partial charge in [0, 0.05) is 18.6 Å². The lowest BCUT2D eigenvalue weighted by Crippen LogP contribution is -2.52. The van der Waals surface area contributed by atoms with Crippen molar-refractivity contribution in [3.8, 4) is 0 Å². The zero-order valence-corrected chi connectivity index (χ0v) is 11.8. The molecule has 1 aliphatic heterocycles. The number of hydrogen-bond acceptors (Lipinski definition) is 4. The summed E-state index contributed by atoms with van der Waals surface area (Å²) in [5.41, 5.74) is 5.25. The number of piperidine rings is 1. The molecule has 0 spiro atoms. The summed E-state index contributed by atoms with van der Waals surface area (Å²) in [7, 11) is 0. The van der Waals surface area contributed by atoms with Gasteiger partial charge in [-0.15, -0.1) is 0 Å². The molecule has 0 radical (unpaired) electrons. The molecule has 1 saturated carbocycles. The first-order valence-electron chi connectivity index (χ1n) is 7.16. The number of nitrogens with zero attached hydrogens (tertiary/aromatic N) is 1. The summed E-state index contributed by atoms with van der Waals surface area (Å²) in [5.74, 6) is 0.602. The molecule has 2 N–H and O–H groups in total. The Labute approximate surface area is 110 Å². The molecule has 4 heteroatoms.